The predicted octanol–water partition coefficient (Wildman–Crippen LogP) is 0.998. The molecule has 0 bridgehead atoms. The van der Waals surface area contributed by atoms with E-state index in [2.05, 4.69) is 5.32 Å². The van der Waals surface area contributed by atoms with Gasteiger partial charge in [-0.2, -0.15) is 0 Å². The number of aromatic carboxylic acids is 1. The van der Waals surface area contributed by atoms with Gasteiger partial charge in [-0.05, 0) is 25.8 Å². The van der Waals surface area contributed by atoms with Gasteiger partial charge < -0.3 is 19.7 Å². The zero-order chi connectivity index (χ0) is 13.8. The fourth-order valence-corrected chi connectivity index (χ4v) is 2.18. The summed E-state index contributed by atoms with van der Waals surface area (Å²) in [5, 5.41) is 11.8. The van der Waals surface area contributed by atoms with E-state index in [0.29, 0.717) is 12.3 Å². The number of aryl methyl sites for hydroxylation is 1. The van der Waals surface area contributed by atoms with E-state index in [-0.39, 0.29) is 18.2 Å². The first-order valence-electron chi connectivity index (χ1n) is 6.39. The van der Waals surface area contributed by atoms with E-state index in [1.807, 2.05) is 4.90 Å². The molecule has 1 aromatic heterocycles. The number of hydrogen-bond acceptors (Lipinski definition) is 4. The van der Waals surface area contributed by atoms with Crippen molar-refractivity contribution in [3.05, 3.63) is 23.2 Å². The third kappa shape index (κ3) is 3.35. The summed E-state index contributed by atoms with van der Waals surface area (Å²) >= 11 is 0. The molecule has 1 saturated heterocycles. The van der Waals surface area contributed by atoms with Gasteiger partial charge in [-0.1, -0.05) is 0 Å². The van der Waals surface area contributed by atoms with Crippen molar-refractivity contribution in [2.75, 3.05) is 19.6 Å². The Morgan fingerprint density at radius 2 is 2.11 bits per heavy atom. The largest absolute Gasteiger partial charge is 0.475 e. The van der Waals surface area contributed by atoms with Gasteiger partial charge >= 0.3 is 5.97 Å². The Kier molecular flexibility index (Phi) is 4.21. The van der Waals surface area contributed by atoms with E-state index >= 15 is 0 Å². The second kappa shape index (κ2) is 5.88. The molecule has 1 aromatic rings. The van der Waals surface area contributed by atoms with Gasteiger partial charge in [-0.25, -0.2) is 4.79 Å². The zero-order valence-electron chi connectivity index (χ0n) is 10.9. The lowest BCUT2D eigenvalue weighted by Crippen LogP contribution is -2.36. The molecule has 1 fully saturated rings. The molecule has 2 N–H and O–H groups in total. The molecule has 0 aromatic carbocycles. The molecule has 104 valence electrons. The monoisotopic (exact) mass is 266 g/mol. The van der Waals surface area contributed by atoms with Crippen LogP contribution in [-0.2, 0) is 11.3 Å². The summed E-state index contributed by atoms with van der Waals surface area (Å²) in [5.41, 5.74) is 0.770. The summed E-state index contributed by atoms with van der Waals surface area (Å²) in [6, 6.07) is 1.49. The first-order valence-corrected chi connectivity index (χ1v) is 6.39. The van der Waals surface area contributed by atoms with Crippen molar-refractivity contribution < 1.29 is 19.1 Å². The third-order valence-corrected chi connectivity index (χ3v) is 3.28. The average molecular weight is 266 g/mol. The van der Waals surface area contributed by atoms with Crippen molar-refractivity contribution in [3.8, 4) is 0 Å². The minimum atomic E-state index is -1.08. The molecule has 0 radical (unpaired) electrons. The normalized spacial score (nSPS) is 14.9. The van der Waals surface area contributed by atoms with Gasteiger partial charge in [0.15, 0.2) is 0 Å². The van der Waals surface area contributed by atoms with Crippen LogP contribution in [0.3, 0.4) is 0 Å². The van der Waals surface area contributed by atoms with Crippen LogP contribution in [0.1, 0.15) is 34.7 Å². The molecule has 0 atom stereocenters. The smallest absolute Gasteiger partial charge is 0.371 e. The number of likely N-dealkylation sites (tertiary alicyclic amines) is 1. The van der Waals surface area contributed by atoms with Crippen molar-refractivity contribution in [1.82, 2.24) is 10.2 Å². The summed E-state index contributed by atoms with van der Waals surface area (Å²) < 4.78 is 5.10. The van der Waals surface area contributed by atoms with Crippen molar-refractivity contribution in [2.45, 2.75) is 26.3 Å². The molecular weight excluding hydrogens is 248 g/mol. The first kappa shape index (κ1) is 13.6. The van der Waals surface area contributed by atoms with E-state index in [4.69, 9.17) is 9.52 Å². The van der Waals surface area contributed by atoms with Crippen molar-refractivity contribution in [1.29, 1.82) is 0 Å². The molecule has 0 saturated carbocycles. The Hall–Kier alpha value is -1.82. The number of rotatable bonds is 5. The second-order valence-corrected chi connectivity index (χ2v) is 4.69. The number of nitrogens with zero attached hydrogens (tertiary/aromatic N) is 1. The number of nitrogens with one attached hydrogen (secondary N) is 1. The first-order chi connectivity index (χ1) is 9.08. The van der Waals surface area contributed by atoms with E-state index in [0.717, 1.165) is 31.5 Å². The molecule has 6 heteroatoms. The number of carboxylic acids is 1. The number of carbonyl (C=O) groups excluding carboxylic acids is 1. The van der Waals surface area contributed by atoms with Crippen LogP contribution < -0.4 is 5.32 Å². The summed E-state index contributed by atoms with van der Waals surface area (Å²) in [6.07, 6.45) is 2.16. The van der Waals surface area contributed by atoms with Crippen LogP contribution in [0.25, 0.3) is 0 Å². The van der Waals surface area contributed by atoms with E-state index < -0.39 is 5.97 Å². The van der Waals surface area contributed by atoms with Crippen LogP contribution >= 0.6 is 0 Å². The SMILES string of the molecule is Cc1oc(C(=O)O)cc1CNCC(=O)N1CCCC1. The molecule has 2 rings (SSSR count). The number of carbonyl (C=O) groups is 2. The number of carboxylic acid groups (broad SMARTS) is 1. The Morgan fingerprint density at radius 3 is 2.68 bits per heavy atom. The lowest BCUT2D eigenvalue weighted by molar-refractivity contribution is -0.129. The highest BCUT2D eigenvalue weighted by molar-refractivity contribution is 5.84. The molecule has 0 spiro atoms. The van der Waals surface area contributed by atoms with Crippen LogP contribution in [0.5, 0.6) is 0 Å². The fraction of sp³-hybridized carbons (Fsp3) is 0.538. The Labute approximate surface area is 111 Å². The fourth-order valence-electron chi connectivity index (χ4n) is 2.18. The molecule has 1 amide bonds. The zero-order valence-corrected chi connectivity index (χ0v) is 10.9. The van der Waals surface area contributed by atoms with E-state index in [1.165, 1.54) is 6.07 Å². The number of hydrogen-bond donors (Lipinski definition) is 2. The second-order valence-electron chi connectivity index (χ2n) is 4.69. The van der Waals surface area contributed by atoms with E-state index in [9.17, 15) is 9.59 Å². The molecule has 1 aliphatic rings. The Balaban J connectivity index is 1.82. The summed E-state index contributed by atoms with van der Waals surface area (Å²) in [6.45, 7) is 4.10. The minimum absolute atomic E-state index is 0.0693. The summed E-state index contributed by atoms with van der Waals surface area (Å²) in [5.74, 6) is -0.488. The van der Waals surface area contributed by atoms with Crippen molar-refractivity contribution in [2.24, 2.45) is 0 Å². The summed E-state index contributed by atoms with van der Waals surface area (Å²) in [7, 11) is 0. The van der Waals surface area contributed by atoms with Crippen LogP contribution in [0.2, 0.25) is 0 Å². The predicted molar refractivity (Wildman–Crippen MR) is 67.9 cm³/mol. The quantitative estimate of drug-likeness (QED) is 0.830. The maximum Gasteiger partial charge on any atom is 0.371 e. The van der Waals surface area contributed by atoms with Crippen LogP contribution in [-0.4, -0.2) is 41.5 Å². The van der Waals surface area contributed by atoms with Gasteiger partial charge in [0.2, 0.25) is 11.7 Å². The van der Waals surface area contributed by atoms with E-state index in [1.54, 1.807) is 6.92 Å². The lowest BCUT2D eigenvalue weighted by Gasteiger charge is -2.15. The highest BCUT2D eigenvalue weighted by atomic mass is 16.4. The van der Waals surface area contributed by atoms with Gasteiger partial charge in [0, 0.05) is 25.2 Å². The van der Waals surface area contributed by atoms with Crippen molar-refractivity contribution >= 4 is 11.9 Å². The van der Waals surface area contributed by atoms with Gasteiger partial charge in [0.05, 0.1) is 6.54 Å². The highest BCUT2D eigenvalue weighted by Crippen LogP contribution is 2.14. The standard InChI is InChI=1S/C13H18N2O4/c1-9-10(6-11(19-9)13(17)18)7-14-8-12(16)15-4-2-3-5-15/h6,14H,2-5,7-8H2,1H3,(H,17,18). The molecule has 0 aliphatic carbocycles. The van der Waals surface area contributed by atoms with Crippen LogP contribution in [0.4, 0.5) is 0 Å². The molecule has 0 unspecified atom stereocenters. The molecule has 2 heterocycles. The number of furan rings is 1. The number of amides is 1. The average Bonchev–Trinajstić information content (AvgIpc) is 2.99. The Morgan fingerprint density at radius 1 is 1.42 bits per heavy atom. The maximum absolute atomic E-state index is 11.8. The summed E-state index contributed by atoms with van der Waals surface area (Å²) in [4.78, 5) is 24.4. The van der Waals surface area contributed by atoms with Gasteiger partial charge in [-0.15, -0.1) is 0 Å². The third-order valence-electron chi connectivity index (χ3n) is 3.28. The molecule has 6 nitrogen and oxygen atoms in total. The van der Waals surface area contributed by atoms with Gasteiger partial charge in [0.25, 0.3) is 0 Å². The molecular formula is C13H18N2O4. The van der Waals surface area contributed by atoms with Crippen LogP contribution in [0, 0.1) is 6.92 Å². The van der Waals surface area contributed by atoms with Gasteiger partial charge in [-0.3, -0.25) is 4.79 Å². The topological polar surface area (TPSA) is 82.8 Å². The minimum Gasteiger partial charge on any atom is -0.475 e. The molecule has 19 heavy (non-hydrogen) atoms. The molecule has 1 aliphatic heterocycles. The lowest BCUT2D eigenvalue weighted by atomic mass is 10.2. The maximum atomic E-state index is 11.8. The Bertz CT molecular complexity index is 475. The van der Waals surface area contributed by atoms with Crippen LogP contribution in [0.15, 0.2) is 10.5 Å². The highest BCUT2D eigenvalue weighted by Gasteiger charge is 2.18. The van der Waals surface area contributed by atoms with Gasteiger partial charge in [0.1, 0.15) is 5.76 Å². The van der Waals surface area contributed by atoms with Crippen molar-refractivity contribution in [3.63, 3.8) is 0 Å².